The van der Waals surface area contributed by atoms with Crippen molar-refractivity contribution in [2.24, 2.45) is 5.92 Å². The highest BCUT2D eigenvalue weighted by Gasteiger charge is 2.41. The molecule has 17 heteroatoms. The minimum Gasteiger partial charge on any atom is -0.453 e. The fraction of sp³-hybridized carbons (Fsp3) is 0.465. The third-order valence-corrected chi connectivity index (χ3v) is 12.0. The molecule has 2 unspecified atom stereocenters. The van der Waals surface area contributed by atoms with E-state index in [0.29, 0.717) is 37.6 Å². The molecule has 6 heterocycles. The van der Waals surface area contributed by atoms with Crippen LogP contribution in [0.3, 0.4) is 0 Å². The molecule has 2 fully saturated rings. The zero-order valence-electron chi connectivity index (χ0n) is 33.8. The molecule has 4 aromatic rings. The van der Waals surface area contributed by atoms with Crippen molar-refractivity contribution in [2.45, 2.75) is 96.9 Å². The summed E-state index contributed by atoms with van der Waals surface area (Å²) in [6.07, 6.45) is 6.43. The molecule has 60 heavy (non-hydrogen) atoms. The highest BCUT2D eigenvalue weighted by atomic mass is 16.5. The van der Waals surface area contributed by atoms with Crippen molar-refractivity contribution in [3.05, 3.63) is 71.6 Å². The van der Waals surface area contributed by atoms with Crippen molar-refractivity contribution >= 4 is 41.4 Å². The first-order valence-electron chi connectivity index (χ1n) is 20.3. The van der Waals surface area contributed by atoms with Crippen LogP contribution in [-0.4, -0.2) is 99.2 Å². The smallest absolute Gasteiger partial charge is 0.407 e. The van der Waals surface area contributed by atoms with Gasteiger partial charge in [-0.2, -0.15) is 0 Å². The molecule has 6 amide bonds. The van der Waals surface area contributed by atoms with Crippen LogP contribution < -0.4 is 20.9 Å². The molecule has 4 aliphatic heterocycles. The van der Waals surface area contributed by atoms with Gasteiger partial charge >= 0.3 is 18.2 Å². The van der Waals surface area contributed by atoms with Crippen molar-refractivity contribution in [1.82, 2.24) is 40.4 Å². The van der Waals surface area contributed by atoms with E-state index in [-0.39, 0.29) is 49.3 Å². The van der Waals surface area contributed by atoms with Gasteiger partial charge in [-0.25, -0.2) is 24.4 Å². The van der Waals surface area contributed by atoms with Crippen molar-refractivity contribution in [3.63, 3.8) is 0 Å². The standard InChI is InChI=1S/C42H50N10O7.CH4/c1-6-27(48-41(56)58-4)38(53)50-15-7-9-32(50)36-44-21-30(46-36)24-11-13-26-28(18-24)47-40(55)52-31-14-12-23(17-25(31)19-34(26)52)29-20-43-37(45-29)33-10-8-16-51(33)39(54)35(22(2)3)49-42(57)59-5;/h11-14,17-18,20-22,27,32-35H,6-10,15-16,19H2,1-5H3,(H,43,45)(H,44,46)(H,47,55)(H,48,56)(H,49,57);1H4/t27-,32-,33?,34?,35-;/m0./s1. The Morgan fingerprint density at radius 2 is 1.40 bits per heavy atom. The molecule has 4 aliphatic rings. The van der Waals surface area contributed by atoms with Gasteiger partial charge in [0.05, 0.1) is 56.1 Å². The van der Waals surface area contributed by atoms with E-state index < -0.39 is 24.3 Å². The molecule has 2 aromatic carbocycles. The number of ether oxygens (including phenoxy) is 2. The van der Waals surface area contributed by atoms with Crippen LogP contribution in [0.5, 0.6) is 0 Å². The molecule has 5 atom stereocenters. The number of methoxy groups -OCH3 is 2. The minimum atomic E-state index is -0.717. The van der Waals surface area contributed by atoms with Gasteiger partial charge in [0.2, 0.25) is 11.8 Å². The number of carbonyl (C=O) groups excluding carboxylic acids is 5. The van der Waals surface area contributed by atoms with E-state index in [1.54, 1.807) is 22.2 Å². The van der Waals surface area contributed by atoms with Gasteiger partial charge in [-0.15, -0.1) is 0 Å². The molecule has 0 saturated carbocycles. The van der Waals surface area contributed by atoms with Crippen LogP contribution in [0.15, 0.2) is 48.8 Å². The first-order chi connectivity index (χ1) is 28.5. The molecule has 318 valence electrons. The quantitative estimate of drug-likeness (QED) is 0.117. The third-order valence-electron chi connectivity index (χ3n) is 12.0. The lowest BCUT2D eigenvalue weighted by atomic mass is 9.96. The summed E-state index contributed by atoms with van der Waals surface area (Å²) < 4.78 is 9.49. The van der Waals surface area contributed by atoms with E-state index in [1.807, 2.05) is 56.0 Å². The van der Waals surface area contributed by atoms with Gasteiger partial charge in [-0.3, -0.25) is 14.5 Å². The summed E-state index contributed by atoms with van der Waals surface area (Å²) in [5.74, 6) is 0.884. The SMILES string of the molecule is C.CC[C@H](NC(=O)OC)C(=O)N1CCC[C@H]1c1ncc(-c2ccc3c(c2)NC(=O)N2c4ccc(-c5cnc(C6CCCN6C(=O)[C@@H](NC(=O)OC)C(C)C)[nH]5)cc4CC32)[nH]1. The Balaban J connectivity index is 0.00000544. The number of hydrogen-bond acceptors (Lipinski definition) is 9. The number of rotatable bonds is 10. The van der Waals surface area contributed by atoms with E-state index in [9.17, 15) is 24.0 Å². The number of amides is 6. The van der Waals surface area contributed by atoms with Crippen LogP contribution in [-0.2, 0) is 25.5 Å². The lowest BCUT2D eigenvalue weighted by Crippen LogP contribution is -2.51. The lowest BCUT2D eigenvalue weighted by Gasteiger charge is -2.33. The number of aromatic nitrogens is 4. The second kappa shape index (κ2) is 17.1. The predicted molar refractivity (Wildman–Crippen MR) is 224 cm³/mol. The number of aromatic amines is 2. The lowest BCUT2D eigenvalue weighted by molar-refractivity contribution is -0.135. The molecule has 8 rings (SSSR count). The number of benzene rings is 2. The summed E-state index contributed by atoms with van der Waals surface area (Å²) >= 11 is 0. The Hall–Kier alpha value is -6.39. The van der Waals surface area contributed by atoms with Gasteiger partial charge in [-0.05, 0) is 79.3 Å². The maximum atomic E-state index is 13.7. The molecule has 0 bridgehead atoms. The Bertz CT molecular complexity index is 2290. The van der Waals surface area contributed by atoms with E-state index in [2.05, 4.69) is 37.0 Å². The van der Waals surface area contributed by atoms with Crippen LogP contribution in [0.25, 0.3) is 22.5 Å². The Morgan fingerprint density at radius 1 is 0.817 bits per heavy atom. The summed E-state index contributed by atoms with van der Waals surface area (Å²) in [5.41, 5.74) is 6.94. The average molecular weight is 823 g/mol. The zero-order chi connectivity index (χ0) is 41.5. The van der Waals surface area contributed by atoms with Gasteiger partial charge in [0, 0.05) is 30.0 Å². The normalized spacial score (nSPS) is 20.1. The number of carbonyl (C=O) groups is 5. The molecular formula is C43H54N10O7. The molecule has 2 aromatic heterocycles. The highest BCUT2D eigenvalue weighted by Crippen LogP contribution is 2.47. The summed E-state index contributed by atoms with van der Waals surface area (Å²) in [7, 11) is 2.55. The number of imidazole rings is 2. The number of urea groups is 1. The first kappa shape index (κ1) is 41.8. The largest absolute Gasteiger partial charge is 0.453 e. The average Bonchev–Trinajstić information content (AvgIpc) is 4.09. The van der Waals surface area contributed by atoms with Gasteiger partial charge < -0.3 is 45.2 Å². The molecule has 0 aliphatic carbocycles. The number of H-pyrrole nitrogens is 2. The number of nitrogens with one attached hydrogen (secondary N) is 5. The topological polar surface area (TPSA) is 207 Å². The zero-order valence-corrected chi connectivity index (χ0v) is 33.8. The number of likely N-dealkylation sites (tertiary alicyclic amines) is 2. The maximum absolute atomic E-state index is 13.7. The van der Waals surface area contributed by atoms with E-state index in [0.717, 1.165) is 70.7 Å². The number of fused-ring (bicyclic) bond motifs is 5. The molecule has 0 radical (unpaired) electrons. The Labute approximate surface area is 349 Å². The number of alkyl carbamates (subject to hydrolysis) is 2. The predicted octanol–water partition coefficient (Wildman–Crippen LogP) is 6.59. The third kappa shape index (κ3) is 7.63. The molecule has 5 N–H and O–H groups in total. The Morgan fingerprint density at radius 3 is 2.00 bits per heavy atom. The second-order valence-corrected chi connectivity index (χ2v) is 15.9. The monoisotopic (exact) mass is 822 g/mol. The fourth-order valence-electron chi connectivity index (χ4n) is 8.97. The molecule has 0 spiro atoms. The highest BCUT2D eigenvalue weighted by molar-refractivity contribution is 6.07. The molecule has 2 saturated heterocycles. The molecular weight excluding hydrogens is 769 g/mol. The first-order valence-corrected chi connectivity index (χ1v) is 20.3. The summed E-state index contributed by atoms with van der Waals surface area (Å²) in [6, 6.07) is 9.74. The molecule has 17 nitrogen and oxygen atoms in total. The van der Waals surface area contributed by atoms with E-state index in [1.165, 1.54) is 14.2 Å². The van der Waals surface area contributed by atoms with Crippen LogP contribution in [0.1, 0.15) is 101 Å². The minimum absolute atomic E-state index is 0. The van der Waals surface area contributed by atoms with Crippen molar-refractivity contribution in [1.29, 1.82) is 0 Å². The number of anilines is 2. The van der Waals surface area contributed by atoms with Gasteiger partial charge in [0.15, 0.2) is 0 Å². The van der Waals surface area contributed by atoms with Crippen LogP contribution >= 0.6 is 0 Å². The van der Waals surface area contributed by atoms with Gasteiger partial charge in [-0.1, -0.05) is 46.4 Å². The van der Waals surface area contributed by atoms with E-state index in [4.69, 9.17) is 14.5 Å². The van der Waals surface area contributed by atoms with Gasteiger partial charge in [0.1, 0.15) is 23.7 Å². The fourth-order valence-corrected chi connectivity index (χ4v) is 8.97. The van der Waals surface area contributed by atoms with Crippen molar-refractivity contribution in [3.8, 4) is 22.5 Å². The van der Waals surface area contributed by atoms with E-state index >= 15 is 0 Å². The summed E-state index contributed by atoms with van der Waals surface area (Å²) in [5, 5.41) is 8.44. The maximum Gasteiger partial charge on any atom is 0.407 e. The van der Waals surface area contributed by atoms with Gasteiger partial charge in [0.25, 0.3) is 0 Å². The van der Waals surface area contributed by atoms with Crippen LogP contribution in [0.2, 0.25) is 0 Å². The van der Waals surface area contributed by atoms with Crippen LogP contribution in [0.4, 0.5) is 25.8 Å². The second-order valence-electron chi connectivity index (χ2n) is 15.9. The van der Waals surface area contributed by atoms with Crippen molar-refractivity contribution < 1.29 is 33.4 Å². The Kier molecular flexibility index (Phi) is 11.9. The van der Waals surface area contributed by atoms with Crippen LogP contribution in [0, 0.1) is 5.92 Å². The summed E-state index contributed by atoms with van der Waals surface area (Å²) in [6.45, 7) is 6.75. The summed E-state index contributed by atoms with van der Waals surface area (Å²) in [4.78, 5) is 86.3. The van der Waals surface area contributed by atoms with Crippen molar-refractivity contribution in [2.75, 3.05) is 37.5 Å². The number of nitrogens with zero attached hydrogens (tertiary/aromatic N) is 5. The number of hydrogen-bond donors (Lipinski definition) is 5.